The van der Waals surface area contributed by atoms with Crippen molar-refractivity contribution in [3.05, 3.63) is 78.4 Å². The van der Waals surface area contributed by atoms with E-state index < -0.39 is 0 Å². The van der Waals surface area contributed by atoms with Crippen molar-refractivity contribution in [3.63, 3.8) is 0 Å². The first-order valence-electron chi connectivity index (χ1n) is 11.1. The predicted molar refractivity (Wildman–Crippen MR) is 136 cm³/mol. The molecule has 0 aliphatic rings. The summed E-state index contributed by atoms with van der Waals surface area (Å²) in [4.78, 5) is 13.5. The number of fused-ring (bicyclic) bond motifs is 2. The molecule has 0 aliphatic heterocycles. The maximum Gasteiger partial charge on any atom is 0.192 e. The van der Waals surface area contributed by atoms with Gasteiger partial charge in [-0.25, -0.2) is 15.0 Å². The minimum Gasteiger partial charge on any atom is -0.352 e. The Morgan fingerprint density at radius 2 is 1.83 bits per heavy atom. The molecule has 6 aromatic rings. The number of pyridine rings is 1. The van der Waals surface area contributed by atoms with Gasteiger partial charge in [0.15, 0.2) is 17.0 Å². The van der Waals surface area contributed by atoms with E-state index in [9.17, 15) is 0 Å². The van der Waals surface area contributed by atoms with E-state index in [1.807, 2.05) is 50.4 Å². The van der Waals surface area contributed by atoms with Gasteiger partial charge in [0.25, 0.3) is 0 Å². The van der Waals surface area contributed by atoms with Crippen LogP contribution < -0.4 is 10.6 Å². The first-order chi connectivity index (χ1) is 17.6. The average Bonchev–Trinajstić information content (AvgIpc) is 3.48. The smallest absolute Gasteiger partial charge is 0.192 e. The van der Waals surface area contributed by atoms with Crippen molar-refractivity contribution >= 4 is 45.0 Å². The number of aryl methyl sites for hydroxylation is 2. The number of nitrogens with zero attached hydrogens (tertiary/aromatic N) is 7. The summed E-state index contributed by atoms with van der Waals surface area (Å²) in [5, 5.41) is 26.0. The summed E-state index contributed by atoms with van der Waals surface area (Å²) < 4.78 is 7.46. The molecule has 0 spiro atoms. The molecular formula is C26H19N9O. The highest BCUT2D eigenvalue weighted by Gasteiger charge is 2.18. The van der Waals surface area contributed by atoms with Crippen LogP contribution in [0.25, 0.3) is 33.3 Å². The number of hydrogen-bond donors (Lipinski definition) is 2. The van der Waals surface area contributed by atoms with Crippen molar-refractivity contribution in [2.45, 2.75) is 6.92 Å². The molecule has 4 heterocycles. The fourth-order valence-electron chi connectivity index (χ4n) is 4.14. The molecule has 174 valence electrons. The lowest BCUT2D eigenvalue weighted by Crippen LogP contribution is -1.99. The highest BCUT2D eigenvalue weighted by atomic mass is 16.5. The molecule has 10 nitrogen and oxygen atoms in total. The first-order valence-corrected chi connectivity index (χ1v) is 11.1. The number of hydrogen-bond acceptors (Lipinski definition) is 9. The number of aromatic nitrogens is 6. The third-order valence-corrected chi connectivity index (χ3v) is 5.84. The Labute approximate surface area is 205 Å². The summed E-state index contributed by atoms with van der Waals surface area (Å²) >= 11 is 0. The van der Waals surface area contributed by atoms with Crippen LogP contribution in [-0.2, 0) is 7.05 Å². The number of nitrogens with one attached hydrogen (secondary N) is 2. The highest BCUT2D eigenvalue weighted by molar-refractivity contribution is 6.00. The van der Waals surface area contributed by atoms with Crippen LogP contribution in [0.3, 0.4) is 0 Å². The van der Waals surface area contributed by atoms with E-state index in [0.29, 0.717) is 22.8 Å². The molecule has 0 amide bonds. The standard InChI is InChI=1S/C26H19N9O/c1-15-10-19-23(36-34-25(19)32-17-7-5-16(12-27)6-8-17)21(11-15)33-24-18(4-3-9-28-24)22-20-13-31-35(2)26(20)30-14-29-22/h3-11,13-14H,1-2H3,(H,28,33)(H,32,34). The lowest BCUT2D eigenvalue weighted by molar-refractivity contribution is 0.461. The number of anilines is 4. The van der Waals surface area contributed by atoms with Gasteiger partial charge < -0.3 is 15.2 Å². The summed E-state index contributed by atoms with van der Waals surface area (Å²) in [6.07, 6.45) is 5.00. The molecule has 2 N–H and O–H groups in total. The molecule has 0 saturated carbocycles. The lowest BCUT2D eigenvalue weighted by atomic mass is 10.1. The predicted octanol–water partition coefficient (Wildman–Crippen LogP) is 5.23. The molecule has 36 heavy (non-hydrogen) atoms. The van der Waals surface area contributed by atoms with Crippen molar-refractivity contribution in [2.24, 2.45) is 7.05 Å². The summed E-state index contributed by atoms with van der Waals surface area (Å²) in [7, 11) is 1.85. The fourth-order valence-corrected chi connectivity index (χ4v) is 4.14. The van der Waals surface area contributed by atoms with Crippen LogP contribution in [-0.4, -0.2) is 29.9 Å². The minimum absolute atomic E-state index is 0.579. The molecule has 0 fully saturated rings. The second kappa shape index (κ2) is 8.48. The van der Waals surface area contributed by atoms with Crippen LogP contribution in [0.1, 0.15) is 11.1 Å². The van der Waals surface area contributed by atoms with Gasteiger partial charge in [-0.2, -0.15) is 10.4 Å². The Kier molecular flexibility index (Phi) is 5.01. The fraction of sp³-hybridized carbons (Fsp3) is 0.0769. The summed E-state index contributed by atoms with van der Waals surface area (Å²) in [6.45, 7) is 2.01. The third-order valence-electron chi connectivity index (χ3n) is 5.84. The van der Waals surface area contributed by atoms with Crippen molar-refractivity contribution in [1.29, 1.82) is 5.26 Å². The van der Waals surface area contributed by atoms with Crippen LogP contribution in [0.4, 0.5) is 23.0 Å². The monoisotopic (exact) mass is 473 g/mol. The molecule has 0 atom stereocenters. The SMILES string of the molecule is Cc1cc(Nc2ncccc2-c2ncnc3c2cnn3C)c2onc(Nc3ccc(C#N)cc3)c2c1. The molecule has 0 aliphatic carbocycles. The van der Waals surface area contributed by atoms with Crippen molar-refractivity contribution in [3.8, 4) is 17.3 Å². The Morgan fingerprint density at radius 1 is 0.972 bits per heavy atom. The third kappa shape index (κ3) is 3.65. The van der Waals surface area contributed by atoms with E-state index in [4.69, 9.17) is 9.78 Å². The normalized spacial score (nSPS) is 11.0. The minimum atomic E-state index is 0.579. The molecule has 2 aromatic carbocycles. The van der Waals surface area contributed by atoms with E-state index in [-0.39, 0.29) is 0 Å². The molecule has 0 radical (unpaired) electrons. The van der Waals surface area contributed by atoms with Crippen molar-refractivity contribution in [1.82, 2.24) is 29.9 Å². The van der Waals surface area contributed by atoms with Gasteiger partial charge in [-0.15, -0.1) is 0 Å². The molecule has 6 rings (SSSR count). The van der Waals surface area contributed by atoms with Crippen LogP contribution in [0.2, 0.25) is 0 Å². The van der Waals surface area contributed by atoms with E-state index >= 15 is 0 Å². The quantitative estimate of drug-likeness (QED) is 0.345. The molecule has 0 saturated heterocycles. The zero-order valence-corrected chi connectivity index (χ0v) is 19.4. The Bertz CT molecular complexity index is 1780. The zero-order chi connectivity index (χ0) is 24.6. The summed E-state index contributed by atoms with van der Waals surface area (Å²) in [5.41, 5.74) is 6.00. The lowest BCUT2D eigenvalue weighted by Gasteiger charge is -2.12. The van der Waals surface area contributed by atoms with Gasteiger partial charge in [0.2, 0.25) is 0 Å². The van der Waals surface area contributed by atoms with Crippen molar-refractivity contribution in [2.75, 3.05) is 10.6 Å². The zero-order valence-electron chi connectivity index (χ0n) is 19.4. The first kappa shape index (κ1) is 21.2. The van der Waals surface area contributed by atoms with Crippen LogP contribution in [0.15, 0.2) is 71.8 Å². The maximum absolute atomic E-state index is 9.03. The Balaban J connectivity index is 1.40. The molecule has 0 unspecified atom stereocenters. The molecular weight excluding hydrogens is 454 g/mol. The second-order valence-electron chi connectivity index (χ2n) is 8.29. The van der Waals surface area contributed by atoms with Gasteiger partial charge in [0, 0.05) is 24.5 Å². The van der Waals surface area contributed by atoms with Gasteiger partial charge in [-0.05, 0) is 61.0 Å². The summed E-state index contributed by atoms with van der Waals surface area (Å²) in [5.74, 6) is 1.20. The van der Waals surface area contributed by atoms with Crippen molar-refractivity contribution < 1.29 is 4.52 Å². The van der Waals surface area contributed by atoms with Crippen LogP contribution in [0, 0.1) is 18.3 Å². The number of nitriles is 1. The second-order valence-corrected chi connectivity index (χ2v) is 8.29. The molecule has 10 heteroatoms. The summed E-state index contributed by atoms with van der Waals surface area (Å²) in [6, 6.07) is 17.1. The topological polar surface area (TPSA) is 130 Å². The highest BCUT2D eigenvalue weighted by Crippen LogP contribution is 2.36. The van der Waals surface area contributed by atoms with E-state index in [2.05, 4.69) is 41.9 Å². The Morgan fingerprint density at radius 3 is 2.67 bits per heavy atom. The van der Waals surface area contributed by atoms with Crippen LogP contribution in [0.5, 0.6) is 0 Å². The van der Waals surface area contributed by atoms with Gasteiger partial charge in [0.05, 0.1) is 40.0 Å². The average molecular weight is 474 g/mol. The van der Waals surface area contributed by atoms with Gasteiger partial charge >= 0.3 is 0 Å². The van der Waals surface area contributed by atoms with E-state index in [1.54, 1.807) is 29.2 Å². The van der Waals surface area contributed by atoms with Gasteiger partial charge in [0.1, 0.15) is 12.1 Å². The largest absolute Gasteiger partial charge is 0.352 e. The molecule has 4 aromatic heterocycles. The molecule has 0 bridgehead atoms. The number of rotatable bonds is 5. The van der Waals surface area contributed by atoms with Crippen LogP contribution >= 0.6 is 0 Å². The van der Waals surface area contributed by atoms with Gasteiger partial charge in [-0.1, -0.05) is 5.16 Å². The Hall–Kier alpha value is -5.30. The van der Waals surface area contributed by atoms with Gasteiger partial charge in [-0.3, -0.25) is 4.68 Å². The van der Waals surface area contributed by atoms with E-state index in [1.165, 1.54) is 6.33 Å². The maximum atomic E-state index is 9.03. The number of benzene rings is 2. The van der Waals surface area contributed by atoms with E-state index in [0.717, 1.165) is 44.6 Å².